The van der Waals surface area contributed by atoms with Crippen LogP contribution < -0.4 is 4.74 Å². The van der Waals surface area contributed by atoms with Gasteiger partial charge < -0.3 is 4.74 Å². The fraction of sp³-hybridized carbons (Fsp3) is 0.286. The summed E-state index contributed by atoms with van der Waals surface area (Å²) < 4.78 is 33.1. The molecule has 0 aliphatic carbocycles. The molecule has 3 rings (SSSR count). The first kappa shape index (κ1) is 15.4. The van der Waals surface area contributed by atoms with Gasteiger partial charge in [0.15, 0.2) is 0 Å². The molecule has 22 heavy (non-hydrogen) atoms. The van der Waals surface area contributed by atoms with Crippen molar-refractivity contribution in [3.63, 3.8) is 0 Å². The summed E-state index contributed by atoms with van der Waals surface area (Å²) in [6, 6.07) is 6.62. The summed E-state index contributed by atoms with van der Waals surface area (Å²) in [6.07, 6.45) is 5.05. The minimum absolute atomic E-state index is 0.207. The van der Waals surface area contributed by atoms with Crippen molar-refractivity contribution in [1.29, 1.82) is 0 Å². The van der Waals surface area contributed by atoms with Gasteiger partial charge in [-0.1, -0.05) is 15.9 Å². The highest BCUT2D eigenvalue weighted by molar-refractivity contribution is 9.10. The largest absolute Gasteiger partial charge is 0.472 e. The number of benzene rings is 1. The van der Waals surface area contributed by atoms with Crippen LogP contribution in [0.4, 0.5) is 0 Å². The summed E-state index contributed by atoms with van der Waals surface area (Å²) in [5.74, 6) is 0.412. The molecule has 2 heterocycles. The Kier molecular flexibility index (Phi) is 4.42. The molecular formula is C14H14BrN3O3S. The Balaban J connectivity index is 1.70. The molecular weight excluding hydrogens is 370 g/mol. The molecule has 8 heteroatoms. The molecule has 1 unspecified atom stereocenters. The number of hydrogen-bond acceptors (Lipinski definition) is 5. The molecule has 0 amide bonds. The van der Waals surface area contributed by atoms with E-state index in [-0.39, 0.29) is 11.0 Å². The number of sulfonamides is 1. The first-order valence-electron chi connectivity index (χ1n) is 6.74. The number of aromatic nitrogens is 2. The average Bonchev–Trinajstić information content (AvgIpc) is 2.98. The summed E-state index contributed by atoms with van der Waals surface area (Å²) in [6.45, 7) is 0.748. The second-order valence-corrected chi connectivity index (χ2v) is 7.74. The average molecular weight is 384 g/mol. The molecule has 1 aromatic carbocycles. The molecule has 1 saturated heterocycles. The molecule has 116 valence electrons. The highest BCUT2D eigenvalue weighted by Gasteiger charge is 2.33. The van der Waals surface area contributed by atoms with Crippen LogP contribution in [0.3, 0.4) is 0 Å². The Bertz CT molecular complexity index is 738. The lowest BCUT2D eigenvalue weighted by Gasteiger charge is -2.17. The molecule has 0 radical (unpaired) electrons. The number of halogens is 1. The molecule has 6 nitrogen and oxygen atoms in total. The van der Waals surface area contributed by atoms with Crippen LogP contribution in [-0.2, 0) is 10.0 Å². The van der Waals surface area contributed by atoms with E-state index in [0.29, 0.717) is 25.4 Å². The van der Waals surface area contributed by atoms with Crippen LogP contribution in [-0.4, -0.2) is 41.9 Å². The minimum atomic E-state index is -3.48. The predicted octanol–water partition coefficient (Wildman–Crippen LogP) is 2.08. The molecule has 1 fully saturated rings. The first-order valence-corrected chi connectivity index (χ1v) is 8.97. The van der Waals surface area contributed by atoms with Gasteiger partial charge in [0.1, 0.15) is 6.10 Å². The third kappa shape index (κ3) is 3.29. The van der Waals surface area contributed by atoms with Gasteiger partial charge in [0.25, 0.3) is 0 Å². The standard InChI is InChI=1S/C14H14BrN3O3S/c15-11-1-3-13(4-2-11)22(19,20)18-8-5-12(10-18)21-14-9-16-6-7-17-14/h1-4,6-7,9,12H,5,8,10H2. The van der Waals surface area contributed by atoms with Crippen LogP contribution in [0.25, 0.3) is 0 Å². The van der Waals surface area contributed by atoms with Gasteiger partial charge in [-0.15, -0.1) is 0 Å². The second kappa shape index (κ2) is 6.31. The highest BCUT2D eigenvalue weighted by Crippen LogP contribution is 2.24. The lowest BCUT2D eigenvalue weighted by atomic mass is 10.3. The monoisotopic (exact) mass is 383 g/mol. The van der Waals surface area contributed by atoms with E-state index >= 15 is 0 Å². The molecule has 0 N–H and O–H groups in total. The van der Waals surface area contributed by atoms with Crippen molar-refractivity contribution in [3.8, 4) is 5.88 Å². The number of rotatable bonds is 4. The van der Waals surface area contributed by atoms with Gasteiger partial charge in [0.05, 0.1) is 17.6 Å². The number of nitrogens with zero attached hydrogens (tertiary/aromatic N) is 3. The maximum atomic E-state index is 12.6. The zero-order chi connectivity index (χ0) is 15.6. The summed E-state index contributed by atoms with van der Waals surface area (Å²) in [4.78, 5) is 8.25. The van der Waals surface area contributed by atoms with E-state index in [4.69, 9.17) is 4.74 Å². The minimum Gasteiger partial charge on any atom is -0.472 e. The Labute approximate surface area is 137 Å². The molecule has 1 aromatic heterocycles. The second-order valence-electron chi connectivity index (χ2n) is 4.89. The molecule has 0 bridgehead atoms. The fourth-order valence-corrected chi connectivity index (χ4v) is 4.04. The topological polar surface area (TPSA) is 72.4 Å². The fourth-order valence-electron chi connectivity index (χ4n) is 2.28. The van der Waals surface area contributed by atoms with Gasteiger partial charge >= 0.3 is 0 Å². The Hall–Kier alpha value is -1.51. The zero-order valence-corrected chi connectivity index (χ0v) is 14.0. The van der Waals surface area contributed by atoms with Crippen molar-refractivity contribution in [3.05, 3.63) is 47.3 Å². The van der Waals surface area contributed by atoms with Crippen LogP contribution >= 0.6 is 15.9 Å². The summed E-state index contributed by atoms with van der Waals surface area (Å²) in [7, 11) is -3.48. The Morgan fingerprint density at radius 3 is 2.68 bits per heavy atom. The molecule has 0 saturated carbocycles. The van der Waals surface area contributed by atoms with E-state index in [9.17, 15) is 8.42 Å². The highest BCUT2D eigenvalue weighted by atomic mass is 79.9. The van der Waals surface area contributed by atoms with Crippen LogP contribution in [0.2, 0.25) is 0 Å². The first-order chi connectivity index (χ1) is 10.6. The zero-order valence-electron chi connectivity index (χ0n) is 11.6. The van der Waals surface area contributed by atoms with Gasteiger partial charge in [-0.2, -0.15) is 4.31 Å². The lowest BCUT2D eigenvalue weighted by Crippen LogP contribution is -2.31. The van der Waals surface area contributed by atoms with E-state index < -0.39 is 10.0 Å². The molecule has 1 aliphatic heterocycles. The normalized spacial score (nSPS) is 19.2. The molecule has 1 atom stereocenters. The summed E-state index contributed by atoms with van der Waals surface area (Å²) in [5, 5.41) is 0. The van der Waals surface area contributed by atoms with Crippen molar-refractivity contribution in [2.75, 3.05) is 13.1 Å². The summed E-state index contributed by atoms with van der Waals surface area (Å²) >= 11 is 3.30. The van der Waals surface area contributed by atoms with E-state index in [1.54, 1.807) is 36.7 Å². The van der Waals surface area contributed by atoms with E-state index in [1.807, 2.05) is 0 Å². The van der Waals surface area contributed by atoms with Crippen molar-refractivity contribution in [2.45, 2.75) is 17.4 Å². The smallest absolute Gasteiger partial charge is 0.243 e. The maximum Gasteiger partial charge on any atom is 0.243 e. The molecule has 0 spiro atoms. The van der Waals surface area contributed by atoms with Gasteiger partial charge in [-0.3, -0.25) is 4.98 Å². The van der Waals surface area contributed by atoms with E-state index in [2.05, 4.69) is 25.9 Å². The van der Waals surface area contributed by atoms with E-state index in [1.165, 1.54) is 10.5 Å². The Morgan fingerprint density at radius 1 is 1.23 bits per heavy atom. The Morgan fingerprint density at radius 2 is 2.00 bits per heavy atom. The number of hydrogen-bond donors (Lipinski definition) is 0. The van der Waals surface area contributed by atoms with Crippen molar-refractivity contribution in [2.24, 2.45) is 0 Å². The molecule has 1 aliphatic rings. The van der Waals surface area contributed by atoms with Crippen LogP contribution in [0, 0.1) is 0 Å². The van der Waals surface area contributed by atoms with Crippen LogP contribution in [0.15, 0.2) is 52.2 Å². The van der Waals surface area contributed by atoms with Crippen molar-refractivity contribution < 1.29 is 13.2 Å². The lowest BCUT2D eigenvalue weighted by molar-refractivity contribution is 0.206. The van der Waals surface area contributed by atoms with Crippen molar-refractivity contribution >= 4 is 26.0 Å². The van der Waals surface area contributed by atoms with Crippen LogP contribution in [0.5, 0.6) is 5.88 Å². The maximum absolute atomic E-state index is 12.6. The van der Waals surface area contributed by atoms with Gasteiger partial charge in [-0.05, 0) is 30.7 Å². The predicted molar refractivity (Wildman–Crippen MR) is 84.0 cm³/mol. The van der Waals surface area contributed by atoms with Gasteiger partial charge in [0, 0.05) is 23.4 Å². The molecule has 2 aromatic rings. The van der Waals surface area contributed by atoms with Gasteiger partial charge in [0.2, 0.25) is 15.9 Å². The van der Waals surface area contributed by atoms with Crippen molar-refractivity contribution in [1.82, 2.24) is 14.3 Å². The van der Waals surface area contributed by atoms with E-state index in [0.717, 1.165) is 4.47 Å². The quantitative estimate of drug-likeness (QED) is 0.807. The SMILES string of the molecule is O=S(=O)(c1ccc(Br)cc1)N1CCC(Oc2cnccn2)C1. The third-order valence-electron chi connectivity index (χ3n) is 3.39. The third-order valence-corrected chi connectivity index (χ3v) is 5.79. The van der Waals surface area contributed by atoms with Gasteiger partial charge in [-0.25, -0.2) is 13.4 Å². The summed E-state index contributed by atoms with van der Waals surface area (Å²) in [5.41, 5.74) is 0. The number of ether oxygens (including phenoxy) is 1. The van der Waals surface area contributed by atoms with Crippen LogP contribution in [0.1, 0.15) is 6.42 Å².